The van der Waals surface area contributed by atoms with Crippen LogP contribution in [0.4, 0.5) is 0 Å². The Morgan fingerprint density at radius 1 is 0.963 bits per heavy atom. The summed E-state index contributed by atoms with van der Waals surface area (Å²) in [4.78, 5) is 24.6. The van der Waals surface area contributed by atoms with Gasteiger partial charge in [0.2, 0.25) is 5.91 Å². The van der Waals surface area contributed by atoms with Crippen LogP contribution in [-0.2, 0) is 4.79 Å². The van der Waals surface area contributed by atoms with E-state index in [1.165, 1.54) is 0 Å². The average Bonchev–Trinajstić information content (AvgIpc) is 2.70. The lowest BCUT2D eigenvalue weighted by atomic mass is 9.95. The molecule has 1 atom stereocenters. The molecule has 0 radical (unpaired) electrons. The number of amides is 1. The van der Waals surface area contributed by atoms with Crippen molar-refractivity contribution in [2.45, 2.75) is 32.7 Å². The monoisotopic (exact) mass is 367 g/mol. The van der Waals surface area contributed by atoms with Crippen molar-refractivity contribution in [3.8, 4) is 11.5 Å². The van der Waals surface area contributed by atoms with Crippen LogP contribution in [0, 0.1) is 5.92 Å². The molecule has 1 aliphatic heterocycles. The van der Waals surface area contributed by atoms with Gasteiger partial charge in [-0.15, -0.1) is 0 Å². The van der Waals surface area contributed by atoms with Crippen LogP contribution in [0.2, 0.25) is 0 Å². The summed E-state index contributed by atoms with van der Waals surface area (Å²) in [6.45, 7) is 5.18. The highest BCUT2D eigenvalue weighted by Crippen LogP contribution is 2.34. The maximum Gasteiger partial charge on any atom is 0.220 e. The maximum absolute atomic E-state index is 12.4. The normalized spacial score (nSPS) is 13.9. The second-order valence-electron chi connectivity index (χ2n) is 6.98. The highest BCUT2D eigenvalue weighted by Gasteiger charge is 2.21. The molecule has 1 unspecified atom stereocenters. The molecule has 1 amide bonds. The number of ketones is 1. The van der Waals surface area contributed by atoms with E-state index in [0.717, 1.165) is 11.3 Å². The van der Waals surface area contributed by atoms with Crippen LogP contribution in [0.3, 0.4) is 0 Å². The van der Waals surface area contributed by atoms with Crippen LogP contribution >= 0.6 is 0 Å². The predicted molar refractivity (Wildman–Crippen MR) is 103 cm³/mol. The third-order valence-corrected chi connectivity index (χ3v) is 4.58. The maximum atomic E-state index is 12.4. The van der Waals surface area contributed by atoms with Crippen molar-refractivity contribution in [2.24, 2.45) is 5.92 Å². The van der Waals surface area contributed by atoms with E-state index in [2.05, 4.69) is 19.2 Å². The number of fused-ring (bicyclic) bond motifs is 1. The lowest BCUT2D eigenvalue weighted by molar-refractivity contribution is -0.122. The zero-order chi connectivity index (χ0) is 19.2. The van der Waals surface area contributed by atoms with Gasteiger partial charge in [0.25, 0.3) is 0 Å². The number of Topliss-reactive ketones (excluding diaryl/α,β-unsaturated/α-hetero) is 1. The third-order valence-electron chi connectivity index (χ3n) is 4.58. The van der Waals surface area contributed by atoms with Crippen molar-refractivity contribution in [1.82, 2.24) is 5.32 Å². The summed E-state index contributed by atoms with van der Waals surface area (Å²) in [5.41, 5.74) is 1.61. The Bertz CT molecular complexity index is 801. The van der Waals surface area contributed by atoms with E-state index in [0.29, 0.717) is 24.5 Å². The fourth-order valence-corrected chi connectivity index (χ4v) is 3.13. The van der Waals surface area contributed by atoms with Gasteiger partial charge in [-0.25, -0.2) is 0 Å². The number of carbonyl (C=O) groups excluding carboxylic acids is 2. The predicted octanol–water partition coefficient (Wildman–Crippen LogP) is 3.93. The Balaban J connectivity index is 1.62. The Morgan fingerprint density at radius 2 is 1.67 bits per heavy atom. The third kappa shape index (κ3) is 4.88. The van der Waals surface area contributed by atoms with E-state index in [9.17, 15) is 9.59 Å². The average molecular weight is 367 g/mol. The molecule has 0 spiro atoms. The number of carbonyl (C=O) groups is 2. The molecule has 0 aromatic heterocycles. The molecule has 1 N–H and O–H groups in total. The summed E-state index contributed by atoms with van der Waals surface area (Å²) >= 11 is 0. The molecule has 0 saturated heterocycles. The Kier molecular flexibility index (Phi) is 6.12. The smallest absolute Gasteiger partial charge is 0.220 e. The molecule has 5 heteroatoms. The summed E-state index contributed by atoms with van der Waals surface area (Å²) in [6.07, 6.45) is 0.364. The second-order valence-corrected chi connectivity index (χ2v) is 6.98. The van der Waals surface area contributed by atoms with E-state index in [1.807, 2.05) is 36.4 Å². The lowest BCUT2D eigenvalue weighted by Gasteiger charge is -2.25. The zero-order valence-electron chi connectivity index (χ0n) is 15.7. The number of rotatable bonds is 7. The first-order valence-corrected chi connectivity index (χ1v) is 9.32. The molecule has 142 valence electrons. The molecule has 0 saturated carbocycles. The van der Waals surface area contributed by atoms with Crippen molar-refractivity contribution in [3.05, 3.63) is 59.7 Å². The number of nitrogens with one attached hydrogen (secondary N) is 1. The highest BCUT2D eigenvalue weighted by atomic mass is 16.6. The Hall–Kier alpha value is -2.82. The van der Waals surface area contributed by atoms with Gasteiger partial charge in [0.1, 0.15) is 13.2 Å². The van der Waals surface area contributed by atoms with Gasteiger partial charge in [-0.1, -0.05) is 50.2 Å². The molecule has 0 bridgehead atoms. The number of ether oxygens (including phenoxy) is 2. The first kappa shape index (κ1) is 19.0. The summed E-state index contributed by atoms with van der Waals surface area (Å²) in [5, 5.41) is 3.06. The summed E-state index contributed by atoms with van der Waals surface area (Å²) in [5.74, 6) is 1.48. The summed E-state index contributed by atoms with van der Waals surface area (Å²) in [6, 6.07) is 14.7. The van der Waals surface area contributed by atoms with Gasteiger partial charge >= 0.3 is 0 Å². The van der Waals surface area contributed by atoms with Gasteiger partial charge in [0.15, 0.2) is 17.3 Å². The van der Waals surface area contributed by atoms with Gasteiger partial charge in [-0.2, -0.15) is 0 Å². The van der Waals surface area contributed by atoms with Crippen molar-refractivity contribution < 1.29 is 19.1 Å². The molecule has 2 aromatic carbocycles. The molecule has 27 heavy (non-hydrogen) atoms. The topological polar surface area (TPSA) is 64.6 Å². The molecular formula is C22H25NO4. The molecule has 1 heterocycles. The number of hydrogen-bond acceptors (Lipinski definition) is 4. The van der Waals surface area contributed by atoms with Crippen LogP contribution in [0.1, 0.15) is 48.7 Å². The van der Waals surface area contributed by atoms with Crippen LogP contribution in [0.15, 0.2) is 48.5 Å². The Labute approximate surface area is 159 Å². The fourth-order valence-electron chi connectivity index (χ4n) is 3.13. The molecule has 1 aliphatic rings. The van der Waals surface area contributed by atoms with Gasteiger partial charge < -0.3 is 14.8 Å². The zero-order valence-corrected chi connectivity index (χ0v) is 15.7. The van der Waals surface area contributed by atoms with Crippen molar-refractivity contribution in [3.63, 3.8) is 0 Å². The lowest BCUT2D eigenvalue weighted by Crippen LogP contribution is -2.32. The van der Waals surface area contributed by atoms with E-state index in [4.69, 9.17) is 9.47 Å². The SMILES string of the molecule is CC(C)C(NC(=O)CCC(=O)c1ccccc1)c1ccc2c(c1)OCCO2. The first-order chi connectivity index (χ1) is 13.0. The molecule has 0 aliphatic carbocycles. The van der Waals surface area contributed by atoms with E-state index >= 15 is 0 Å². The van der Waals surface area contributed by atoms with Crippen molar-refractivity contribution >= 4 is 11.7 Å². The molecule has 3 rings (SSSR count). The standard InChI is InChI=1S/C22H25NO4/c1-15(2)22(17-8-10-19-20(14-17)27-13-12-26-19)23-21(25)11-9-18(24)16-6-4-3-5-7-16/h3-8,10,14-15,22H,9,11-13H2,1-2H3,(H,23,25). The quantitative estimate of drug-likeness (QED) is 0.753. The van der Waals surface area contributed by atoms with E-state index in [-0.39, 0.29) is 36.5 Å². The minimum Gasteiger partial charge on any atom is -0.486 e. The van der Waals surface area contributed by atoms with Crippen molar-refractivity contribution in [1.29, 1.82) is 0 Å². The van der Waals surface area contributed by atoms with E-state index in [1.54, 1.807) is 12.1 Å². The van der Waals surface area contributed by atoms with Crippen molar-refractivity contribution in [2.75, 3.05) is 13.2 Å². The summed E-state index contributed by atoms with van der Waals surface area (Å²) < 4.78 is 11.2. The van der Waals surface area contributed by atoms with Crippen LogP contribution in [0.25, 0.3) is 0 Å². The minimum absolute atomic E-state index is 0.0221. The Morgan fingerprint density at radius 3 is 2.37 bits per heavy atom. The fraction of sp³-hybridized carbons (Fsp3) is 0.364. The summed E-state index contributed by atoms with van der Waals surface area (Å²) in [7, 11) is 0. The number of hydrogen-bond donors (Lipinski definition) is 1. The highest BCUT2D eigenvalue weighted by molar-refractivity contribution is 5.97. The molecule has 5 nitrogen and oxygen atoms in total. The molecular weight excluding hydrogens is 342 g/mol. The minimum atomic E-state index is -0.153. The molecule has 2 aromatic rings. The van der Waals surface area contributed by atoms with Crippen LogP contribution < -0.4 is 14.8 Å². The van der Waals surface area contributed by atoms with Gasteiger partial charge in [-0.3, -0.25) is 9.59 Å². The largest absolute Gasteiger partial charge is 0.486 e. The van der Waals surface area contributed by atoms with Gasteiger partial charge in [0.05, 0.1) is 6.04 Å². The van der Waals surface area contributed by atoms with Crippen LogP contribution in [-0.4, -0.2) is 24.9 Å². The van der Waals surface area contributed by atoms with E-state index < -0.39 is 0 Å². The first-order valence-electron chi connectivity index (χ1n) is 9.32. The van der Waals surface area contributed by atoms with Gasteiger partial charge in [-0.05, 0) is 23.6 Å². The second kappa shape index (κ2) is 8.71. The molecule has 0 fully saturated rings. The number of benzene rings is 2. The van der Waals surface area contributed by atoms with Crippen LogP contribution in [0.5, 0.6) is 11.5 Å². The van der Waals surface area contributed by atoms with Gasteiger partial charge in [0, 0.05) is 18.4 Å².